The van der Waals surface area contributed by atoms with Crippen molar-refractivity contribution in [3.8, 4) is 0 Å². The van der Waals surface area contributed by atoms with Crippen LogP contribution in [0.5, 0.6) is 0 Å². The third kappa shape index (κ3) is 7.41. The fourth-order valence-corrected chi connectivity index (χ4v) is 7.72. The molecular formula is C40H35N7O11S. The predicted molar refractivity (Wildman–Crippen MR) is 216 cm³/mol. The summed E-state index contributed by atoms with van der Waals surface area (Å²) in [4.78, 5) is 89.9. The smallest absolute Gasteiger partial charge is 0.270 e. The zero-order chi connectivity index (χ0) is 42.7. The van der Waals surface area contributed by atoms with Gasteiger partial charge in [-0.1, -0.05) is 13.3 Å². The molecular weight excluding hydrogens is 787 g/mol. The summed E-state index contributed by atoms with van der Waals surface area (Å²) >= 11 is 0. The molecule has 0 spiro atoms. The lowest BCUT2D eigenvalue weighted by Gasteiger charge is -2.34. The van der Waals surface area contributed by atoms with E-state index in [2.05, 4.69) is 15.3 Å². The fraction of sp³-hybridized carbons (Fsp3) is 0.250. The van der Waals surface area contributed by atoms with Gasteiger partial charge in [-0.3, -0.25) is 69.0 Å². The van der Waals surface area contributed by atoms with Crippen molar-refractivity contribution < 1.29 is 42.0 Å². The Morgan fingerprint density at radius 3 is 1.59 bits per heavy atom. The van der Waals surface area contributed by atoms with Gasteiger partial charge >= 0.3 is 0 Å². The summed E-state index contributed by atoms with van der Waals surface area (Å²) in [6.07, 6.45) is 4.26. The van der Waals surface area contributed by atoms with Gasteiger partial charge in [0.1, 0.15) is 0 Å². The summed E-state index contributed by atoms with van der Waals surface area (Å²) in [5, 5.41) is 29.6. The maximum Gasteiger partial charge on any atom is 0.270 e. The number of hydrogen-bond acceptors (Lipinski definition) is 13. The van der Waals surface area contributed by atoms with Crippen LogP contribution in [0.15, 0.2) is 60.9 Å². The van der Waals surface area contributed by atoms with E-state index in [0.717, 1.165) is 20.9 Å². The Morgan fingerprint density at radius 2 is 1.15 bits per heavy atom. The number of pyridine rings is 2. The molecule has 1 unspecified atom stereocenters. The first-order valence-electron chi connectivity index (χ1n) is 18.3. The monoisotopic (exact) mass is 821 g/mol. The number of non-ortho nitro benzene ring substituents is 2. The summed E-state index contributed by atoms with van der Waals surface area (Å²) in [6, 6.07) is 12.0. The summed E-state index contributed by atoms with van der Waals surface area (Å²) in [5.41, 5.74) is 2.43. The number of nitrogens with one attached hydrogen (secondary N) is 1. The number of rotatable bonds is 10. The van der Waals surface area contributed by atoms with Crippen LogP contribution in [-0.2, 0) is 10.1 Å². The molecule has 0 fully saturated rings. The average Bonchev–Trinajstić information content (AvgIpc) is 3.16. The predicted octanol–water partition coefficient (Wildman–Crippen LogP) is 6.02. The standard InChI is InChI=1S/C39H31N7O8.CH4O3S/c1-4-6-31(44-38(49)28-12-22-10-20(3)18-42-35(22)26-14-24(46(53)54)16-30(33(26)28)39(44)50)40-7-5-8-43-36(47)27-11-21-9-19(2)17-41-34(21)25-13-23(45(51)52)15-29(32(25)27)37(43)48;1-5(2,3)4/h9-18,31,40H,4-8H2,1-3H3;1H3,(H,2,3,4). The molecule has 2 aromatic heterocycles. The second-order valence-electron chi connectivity index (χ2n) is 14.5. The fourth-order valence-electron chi connectivity index (χ4n) is 7.72. The summed E-state index contributed by atoms with van der Waals surface area (Å²) in [7, 11) is -3.67. The van der Waals surface area contributed by atoms with Crippen LogP contribution in [-0.4, -0.2) is 91.7 Å². The maximum atomic E-state index is 14.2. The van der Waals surface area contributed by atoms with Crippen LogP contribution >= 0.6 is 0 Å². The largest absolute Gasteiger partial charge is 0.297 e. The molecule has 302 valence electrons. The minimum Gasteiger partial charge on any atom is -0.297 e. The Labute approximate surface area is 334 Å². The van der Waals surface area contributed by atoms with Crippen LogP contribution in [0.2, 0.25) is 0 Å². The molecule has 1 atom stereocenters. The molecule has 19 heteroatoms. The topological polar surface area (TPSA) is 253 Å². The molecule has 4 amide bonds. The van der Waals surface area contributed by atoms with Crippen molar-refractivity contribution in [1.29, 1.82) is 0 Å². The number of carbonyl (C=O) groups is 4. The highest BCUT2D eigenvalue weighted by molar-refractivity contribution is 7.85. The summed E-state index contributed by atoms with van der Waals surface area (Å²) < 4.78 is 25.9. The zero-order valence-corrected chi connectivity index (χ0v) is 32.8. The lowest BCUT2D eigenvalue weighted by molar-refractivity contribution is -0.384. The van der Waals surface area contributed by atoms with Crippen LogP contribution in [0.4, 0.5) is 11.4 Å². The van der Waals surface area contributed by atoms with Gasteiger partial charge in [0.2, 0.25) is 0 Å². The van der Waals surface area contributed by atoms with Crippen molar-refractivity contribution >= 4 is 88.5 Å². The highest BCUT2D eigenvalue weighted by Crippen LogP contribution is 2.40. The molecule has 2 aliphatic heterocycles. The second kappa shape index (κ2) is 15.2. The molecule has 0 bridgehead atoms. The van der Waals surface area contributed by atoms with E-state index in [1.165, 1.54) is 24.3 Å². The van der Waals surface area contributed by atoms with Gasteiger partial charge in [0.05, 0.1) is 44.4 Å². The lowest BCUT2D eigenvalue weighted by atomic mass is 9.90. The van der Waals surface area contributed by atoms with Crippen molar-refractivity contribution in [2.45, 2.75) is 46.2 Å². The van der Waals surface area contributed by atoms with Crippen LogP contribution in [0.25, 0.3) is 43.4 Å². The number of amides is 4. The zero-order valence-electron chi connectivity index (χ0n) is 32.0. The summed E-state index contributed by atoms with van der Waals surface area (Å²) in [5.74, 6) is -2.49. The van der Waals surface area contributed by atoms with Crippen LogP contribution < -0.4 is 5.32 Å². The van der Waals surface area contributed by atoms with Gasteiger partial charge in [-0.05, 0) is 68.6 Å². The number of benzene rings is 4. The average molecular weight is 822 g/mol. The third-order valence-electron chi connectivity index (χ3n) is 10.1. The molecule has 0 aliphatic carbocycles. The van der Waals surface area contributed by atoms with E-state index in [1.54, 1.807) is 24.5 Å². The van der Waals surface area contributed by atoms with Crippen molar-refractivity contribution in [3.63, 3.8) is 0 Å². The van der Waals surface area contributed by atoms with Crippen molar-refractivity contribution in [3.05, 3.63) is 115 Å². The number of carbonyl (C=O) groups excluding carboxylic acids is 4. The van der Waals surface area contributed by atoms with Crippen molar-refractivity contribution in [1.82, 2.24) is 25.1 Å². The number of aromatic nitrogens is 2. The second-order valence-corrected chi connectivity index (χ2v) is 15.9. The molecule has 59 heavy (non-hydrogen) atoms. The van der Waals surface area contributed by atoms with E-state index >= 15 is 0 Å². The van der Waals surface area contributed by atoms with Gasteiger partial charge in [-0.15, -0.1) is 0 Å². The Kier molecular flexibility index (Phi) is 10.4. The minimum absolute atomic E-state index is 0.0188. The number of fused-ring (bicyclic) bond motifs is 4. The van der Waals surface area contributed by atoms with Crippen molar-refractivity contribution in [2.24, 2.45) is 0 Å². The van der Waals surface area contributed by atoms with Crippen molar-refractivity contribution in [2.75, 3.05) is 19.3 Å². The van der Waals surface area contributed by atoms with E-state index in [1.807, 2.05) is 32.9 Å². The molecule has 4 heterocycles. The SMILES string of the molecule is CCCC(NCCCN1C(=O)c2cc([N+](=O)[O-])cc3c2c(cc2cc(C)cnc23)C1=O)N1C(=O)c2cc([N+](=O)[O-])cc3c2c(cc2cc(C)cnc23)C1=O.CS(=O)(=O)O. The normalized spacial score (nSPS) is 14.3. The van der Waals surface area contributed by atoms with Gasteiger partial charge in [0.15, 0.2) is 0 Å². The van der Waals surface area contributed by atoms with E-state index < -0.39 is 49.8 Å². The van der Waals surface area contributed by atoms with Gasteiger partial charge in [0.25, 0.3) is 45.1 Å². The van der Waals surface area contributed by atoms with Gasteiger partial charge in [-0.25, -0.2) is 0 Å². The summed E-state index contributed by atoms with van der Waals surface area (Å²) in [6.45, 7) is 5.67. The Morgan fingerprint density at radius 1 is 0.729 bits per heavy atom. The first-order chi connectivity index (χ1) is 27.9. The van der Waals surface area contributed by atoms with E-state index in [-0.39, 0.29) is 53.1 Å². The van der Waals surface area contributed by atoms with E-state index in [4.69, 9.17) is 4.55 Å². The highest BCUT2D eigenvalue weighted by Gasteiger charge is 2.40. The van der Waals surface area contributed by atoms with E-state index in [9.17, 15) is 47.8 Å². The molecule has 2 aliphatic rings. The van der Waals surface area contributed by atoms with Crippen LogP contribution in [0.1, 0.15) is 78.7 Å². The number of nitro benzene ring substituents is 2. The molecule has 0 saturated heterocycles. The highest BCUT2D eigenvalue weighted by atomic mass is 32.2. The number of nitrogens with zero attached hydrogens (tertiary/aromatic N) is 6. The molecule has 18 nitrogen and oxygen atoms in total. The lowest BCUT2D eigenvalue weighted by Crippen LogP contribution is -2.54. The van der Waals surface area contributed by atoms with Crippen LogP contribution in [0, 0.1) is 34.1 Å². The molecule has 0 saturated carbocycles. The maximum absolute atomic E-state index is 14.2. The quantitative estimate of drug-likeness (QED) is 0.0400. The van der Waals surface area contributed by atoms with Crippen LogP contribution in [0.3, 0.4) is 0 Å². The number of nitro groups is 2. The first kappa shape index (κ1) is 40.4. The molecule has 8 rings (SSSR count). The molecule has 4 aromatic carbocycles. The minimum atomic E-state index is -3.67. The van der Waals surface area contributed by atoms with E-state index in [0.29, 0.717) is 62.4 Å². The van der Waals surface area contributed by atoms with Gasteiger partial charge in [-0.2, -0.15) is 8.42 Å². The van der Waals surface area contributed by atoms with Gasteiger partial charge in [0, 0.05) is 86.6 Å². The van der Waals surface area contributed by atoms with Gasteiger partial charge < -0.3 is 0 Å². The number of aryl methyl sites for hydroxylation is 2. The number of hydrogen-bond donors (Lipinski definition) is 2. The molecule has 2 N–H and O–H groups in total. The number of imide groups is 2. The Balaban J connectivity index is 0.000000997. The first-order valence-corrected chi connectivity index (χ1v) is 20.2. The molecule has 6 aromatic rings. The Hall–Kier alpha value is -6.83. The Bertz CT molecular complexity index is 2980. The third-order valence-corrected chi connectivity index (χ3v) is 10.1. The molecule has 0 radical (unpaired) electrons.